The maximum Gasteiger partial charge on any atom is 0.330 e. The third-order valence-corrected chi connectivity index (χ3v) is 6.06. The highest BCUT2D eigenvalue weighted by atomic mass is 35.5. The first-order chi connectivity index (χ1) is 14.5. The summed E-state index contributed by atoms with van der Waals surface area (Å²) in [5.74, 6) is 0.761. The number of hydrogen-bond donors (Lipinski definition) is 0. The fraction of sp³-hybridized carbons (Fsp3) is 0.409. The van der Waals surface area contributed by atoms with Gasteiger partial charge in [0.15, 0.2) is 5.65 Å². The van der Waals surface area contributed by atoms with Gasteiger partial charge >= 0.3 is 5.69 Å². The highest BCUT2D eigenvalue weighted by Crippen LogP contribution is 2.27. The number of piperidine rings is 1. The zero-order chi connectivity index (χ0) is 21.3. The first-order valence-corrected chi connectivity index (χ1v) is 10.6. The summed E-state index contributed by atoms with van der Waals surface area (Å²) in [4.78, 5) is 32.1. The van der Waals surface area contributed by atoms with Crippen LogP contribution in [-0.2, 0) is 13.1 Å². The number of nitrogens with zero attached hydrogens (tertiary/aromatic N) is 4. The highest BCUT2D eigenvalue weighted by Gasteiger charge is 2.27. The summed E-state index contributed by atoms with van der Waals surface area (Å²) >= 11 is 6.08. The van der Waals surface area contributed by atoms with E-state index in [1.165, 1.54) is 0 Å². The second kappa shape index (κ2) is 8.52. The van der Waals surface area contributed by atoms with Crippen LogP contribution in [0.15, 0.2) is 41.3 Å². The first kappa shape index (κ1) is 20.5. The normalized spacial score (nSPS) is 15.0. The van der Waals surface area contributed by atoms with E-state index in [1.807, 2.05) is 24.0 Å². The summed E-state index contributed by atoms with van der Waals surface area (Å²) in [5, 5.41) is 0.508. The number of aryl methyl sites for hydroxylation is 1. The van der Waals surface area contributed by atoms with Crippen molar-refractivity contribution < 1.29 is 9.53 Å². The van der Waals surface area contributed by atoms with E-state index in [2.05, 4.69) is 4.98 Å². The van der Waals surface area contributed by atoms with Gasteiger partial charge in [0, 0.05) is 37.4 Å². The Morgan fingerprint density at radius 2 is 2.00 bits per heavy atom. The lowest BCUT2D eigenvalue weighted by Gasteiger charge is -2.32. The summed E-state index contributed by atoms with van der Waals surface area (Å²) in [6.45, 7) is 4.46. The molecule has 1 aromatic carbocycles. The molecule has 0 N–H and O–H groups in total. The van der Waals surface area contributed by atoms with Crippen LogP contribution in [0.25, 0.3) is 11.2 Å². The van der Waals surface area contributed by atoms with Gasteiger partial charge in [0.2, 0.25) is 0 Å². The van der Waals surface area contributed by atoms with Crippen LogP contribution in [-0.4, -0.2) is 45.1 Å². The molecule has 0 atom stereocenters. The number of hydrogen-bond acceptors (Lipinski definition) is 4. The molecule has 7 nitrogen and oxygen atoms in total. The lowest BCUT2D eigenvalue weighted by molar-refractivity contribution is 0.0679. The predicted octanol–water partition coefficient (Wildman–Crippen LogP) is 3.43. The van der Waals surface area contributed by atoms with Crippen molar-refractivity contribution in [3.8, 4) is 5.75 Å². The molecule has 30 heavy (non-hydrogen) atoms. The van der Waals surface area contributed by atoms with Gasteiger partial charge in [-0.1, -0.05) is 11.6 Å². The van der Waals surface area contributed by atoms with Crippen LogP contribution in [0.4, 0.5) is 0 Å². The lowest BCUT2D eigenvalue weighted by atomic mass is 9.96. The number of methoxy groups -OCH3 is 1. The molecule has 0 aliphatic carbocycles. The van der Waals surface area contributed by atoms with Crippen molar-refractivity contribution in [3.63, 3.8) is 0 Å². The third kappa shape index (κ3) is 3.69. The Balaban J connectivity index is 1.48. The second-order valence-electron chi connectivity index (χ2n) is 7.56. The quantitative estimate of drug-likeness (QED) is 0.624. The van der Waals surface area contributed by atoms with E-state index < -0.39 is 0 Å². The minimum atomic E-state index is -0.0748. The third-order valence-electron chi connectivity index (χ3n) is 5.83. The topological polar surface area (TPSA) is 69.4 Å². The lowest BCUT2D eigenvalue weighted by Crippen LogP contribution is -2.40. The van der Waals surface area contributed by atoms with Gasteiger partial charge in [-0.15, -0.1) is 0 Å². The molecule has 0 saturated carbocycles. The molecule has 1 saturated heterocycles. The van der Waals surface area contributed by atoms with Crippen molar-refractivity contribution in [2.24, 2.45) is 5.92 Å². The molecule has 1 amide bonds. The number of rotatable bonds is 5. The van der Waals surface area contributed by atoms with E-state index in [1.54, 1.807) is 40.6 Å². The Kier molecular flexibility index (Phi) is 5.81. The minimum Gasteiger partial charge on any atom is -0.496 e. The molecule has 4 rings (SSSR count). The van der Waals surface area contributed by atoms with E-state index in [0.717, 1.165) is 24.0 Å². The van der Waals surface area contributed by atoms with Crippen LogP contribution < -0.4 is 10.4 Å². The summed E-state index contributed by atoms with van der Waals surface area (Å²) < 4.78 is 8.86. The van der Waals surface area contributed by atoms with Crippen molar-refractivity contribution in [1.82, 2.24) is 19.0 Å². The van der Waals surface area contributed by atoms with E-state index in [-0.39, 0.29) is 11.6 Å². The summed E-state index contributed by atoms with van der Waals surface area (Å²) in [5.41, 5.74) is 2.06. The number of pyridine rings is 1. The zero-order valence-electron chi connectivity index (χ0n) is 17.2. The summed E-state index contributed by atoms with van der Waals surface area (Å²) in [6.07, 6.45) is 3.37. The Morgan fingerprint density at radius 3 is 2.70 bits per heavy atom. The van der Waals surface area contributed by atoms with Crippen molar-refractivity contribution in [2.75, 3.05) is 20.2 Å². The first-order valence-electron chi connectivity index (χ1n) is 10.2. The summed E-state index contributed by atoms with van der Waals surface area (Å²) in [6, 6.07) is 8.86. The Labute approximate surface area is 179 Å². The van der Waals surface area contributed by atoms with Gasteiger partial charge < -0.3 is 9.64 Å². The average molecular weight is 429 g/mol. The number of fused-ring (bicyclic) bond motifs is 1. The Morgan fingerprint density at radius 1 is 1.23 bits per heavy atom. The predicted molar refractivity (Wildman–Crippen MR) is 116 cm³/mol. The number of carbonyl (C=O) groups excluding carboxylic acids is 1. The SMILES string of the molecule is CCn1c(=O)n(CC2CCN(C(=O)c3cc(Cl)ccc3OC)CC2)c2ncccc21. The van der Waals surface area contributed by atoms with Crippen LogP contribution in [0.2, 0.25) is 5.02 Å². The van der Waals surface area contributed by atoms with Crippen LogP contribution in [0.3, 0.4) is 0 Å². The number of aromatic nitrogens is 3. The zero-order valence-corrected chi connectivity index (χ0v) is 17.9. The highest BCUT2D eigenvalue weighted by molar-refractivity contribution is 6.31. The molecular weight excluding hydrogens is 404 g/mol. The molecule has 158 valence electrons. The van der Waals surface area contributed by atoms with Crippen LogP contribution in [0, 0.1) is 5.92 Å². The number of benzene rings is 1. The van der Waals surface area contributed by atoms with Crippen LogP contribution >= 0.6 is 11.6 Å². The van der Waals surface area contributed by atoms with Gasteiger partial charge in [-0.3, -0.25) is 13.9 Å². The number of imidazole rings is 1. The molecular formula is C22H25ClN4O3. The molecule has 1 aliphatic rings. The molecule has 0 unspecified atom stereocenters. The molecule has 3 aromatic rings. The fourth-order valence-corrected chi connectivity index (χ4v) is 4.38. The maximum atomic E-state index is 13.0. The van der Waals surface area contributed by atoms with Crippen LogP contribution in [0.5, 0.6) is 5.75 Å². The number of carbonyl (C=O) groups is 1. The monoisotopic (exact) mass is 428 g/mol. The standard InChI is InChI=1S/C22H25ClN4O3/c1-3-26-18-5-4-10-24-20(18)27(22(26)29)14-15-8-11-25(12-9-15)21(28)17-13-16(23)6-7-19(17)30-2/h4-7,10,13,15H,3,8-9,11-12,14H2,1-2H3. The Bertz CT molecular complexity index is 1130. The molecule has 1 aliphatic heterocycles. The van der Waals surface area contributed by atoms with Gasteiger partial charge in [0.05, 0.1) is 18.2 Å². The number of likely N-dealkylation sites (tertiary alicyclic amines) is 1. The number of amides is 1. The molecule has 3 heterocycles. The van der Waals surface area contributed by atoms with E-state index >= 15 is 0 Å². The van der Waals surface area contributed by atoms with Crippen molar-refractivity contribution in [3.05, 3.63) is 57.6 Å². The minimum absolute atomic E-state index is 0.0200. The van der Waals surface area contributed by atoms with Gasteiger partial charge in [-0.05, 0) is 56.0 Å². The van der Waals surface area contributed by atoms with Crippen LogP contribution in [0.1, 0.15) is 30.1 Å². The average Bonchev–Trinajstić information content (AvgIpc) is 3.04. The van der Waals surface area contributed by atoms with Gasteiger partial charge in [-0.25, -0.2) is 9.78 Å². The van der Waals surface area contributed by atoms with Crippen molar-refractivity contribution in [1.29, 1.82) is 0 Å². The van der Waals surface area contributed by atoms with Crippen molar-refractivity contribution >= 4 is 28.7 Å². The smallest absolute Gasteiger partial charge is 0.330 e. The maximum absolute atomic E-state index is 13.0. The molecule has 1 fully saturated rings. The van der Waals surface area contributed by atoms with Gasteiger partial charge in [0.1, 0.15) is 5.75 Å². The number of halogens is 1. The van der Waals surface area contributed by atoms with Gasteiger partial charge in [-0.2, -0.15) is 0 Å². The Hall–Kier alpha value is -2.80. The van der Waals surface area contributed by atoms with E-state index in [9.17, 15) is 9.59 Å². The summed E-state index contributed by atoms with van der Waals surface area (Å²) in [7, 11) is 1.55. The molecule has 0 bridgehead atoms. The molecule has 0 spiro atoms. The number of ether oxygens (including phenoxy) is 1. The molecule has 2 aromatic heterocycles. The molecule has 8 heteroatoms. The fourth-order valence-electron chi connectivity index (χ4n) is 4.21. The van der Waals surface area contributed by atoms with E-state index in [4.69, 9.17) is 16.3 Å². The molecule has 0 radical (unpaired) electrons. The second-order valence-corrected chi connectivity index (χ2v) is 8.00. The largest absolute Gasteiger partial charge is 0.496 e. The van der Waals surface area contributed by atoms with Crippen molar-refractivity contribution in [2.45, 2.75) is 32.9 Å². The van der Waals surface area contributed by atoms with E-state index in [0.29, 0.717) is 48.4 Å². The van der Waals surface area contributed by atoms with Gasteiger partial charge in [0.25, 0.3) is 5.91 Å².